The molecule has 0 N–H and O–H groups in total. The first-order valence-electron chi connectivity index (χ1n) is 7.50. The molecule has 2 atom stereocenters. The standard InChI is InChI=1S/C18H14N4O2/c1-10-14(8-19)11(2)21-15(16(10)20-3)9-22-17(23)12-6-4-5-7-13(12)18(22)24/h4-7,10,14H,9H2,1-2H3/t10-,14?/m1/s1. The maximum absolute atomic E-state index is 12.5. The van der Waals surface area contributed by atoms with Gasteiger partial charge in [-0.2, -0.15) is 5.26 Å². The molecule has 0 spiro atoms. The van der Waals surface area contributed by atoms with E-state index in [0.717, 1.165) is 4.90 Å². The summed E-state index contributed by atoms with van der Waals surface area (Å²) in [4.78, 5) is 33.9. The Labute approximate surface area is 139 Å². The summed E-state index contributed by atoms with van der Waals surface area (Å²) in [5.74, 6) is -1.53. The van der Waals surface area contributed by atoms with Gasteiger partial charge in [0.25, 0.3) is 11.8 Å². The fraction of sp³-hybridized carbons (Fsp3) is 0.278. The van der Waals surface area contributed by atoms with Gasteiger partial charge < -0.3 is 0 Å². The molecule has 3 rings (SSSR count). The molecule has 6 nitrogen and oxygen atoms in total. The van der Waals surface area contributed by atoms with Crippen LogP contribution in [-0.2, 0) is 0 Å². The number of fused-ring (bicyclic) bond motifs is 1. The van der Waals surface area contributed by atoms with Gasteiger partial charge in [-0.3, -0.25) is 19.5 Å². The van der Waals surface area contributed by atoms with E-state index in [4.69, 9.17) is 6.57 Å². The number of allylic oxidation sites excluding steroid dienone is 1. The minimum absolute atomic E-state index is 0.0517. The molecule has 0 bridgehead atoms. The van der Waals surface area contributed by atoms with Crippen LogP contribution in [0.2, 0.25) is 0 Å². The van der Waals surface area contributed by atoms with E-state index in [9.17, 15) is 14.9 Å². The summed E-state index contributed by atoms with van der Waals surface area (Å²) in [5, 5.41) is 9.24. The van der Waals surface area contributed by atoms with Crippen LogP contribution in [0.3, 0.4) is 0 Å². The Kier molecular flexibility index (Phi) is 3.75. The highest BCUT2D eigenvalue weighted by Crippen LogP contribution is 2.33. The Hall–Kier alpha value is -3.25. The van der Waals surface area contributed by atoms with Crippen LogP contribution in [0.15, 0.2) is 40.7 Å². The summed E-state index contributed by atoms with van der Waals surface area (Å²) in [7, 11) is 0. The van der Waals surface area contributed by atoms with Gasteiger partial charge in [-0.05, 0) is 19.1 Å². The molecule has 2 aliphatic heterocycles. The lowest BCUT2D eigenvalue weighted by Crippen LogP contribution is -2.34. The Morgan fingerprint density at radius 1 is 1.29 bits per heavy atom. The molecule has 0 fully saturated rings. The zero-order chi connectivity index (χ0) is 17.4. The van der Waals surface area contributed by atoms with E-state index in [1.807, 2.05) is 0 Å². The number of nitrogens with zero attached hydrogens (tertiary/aromatic N) is 4. The summed E-state index contributed by atoms with van der Waals surface area (Å²) >= 11 is 0. The third-order valence-corrected chi connectivity index (χ3v) is 4.43. The number of aliphatic imine (C=N–C) groups is 1. The maximum atomic E-state index is 12.5. The van der Waals surface area contributed by atoms with Crippen LogP contribution in [0, 0.1) is 29.7 Å². The number of nitriles is 1. The molecule has 118 valence electrons. The third kappa shape index (κ3) is 2.21. The monoisotopic (exact) mass is 318 g/mol. The zero-order valence-corrected chi connectivity index (χ0v) is 13.3. The smallest absolute Gasteiger partial charge is 0.261 e. The lowest BCUT2D eigenvalue weighted by molar-refractivity contribution is 0.0667. The zero-order valence-electron chi connectivity index (χ0n) is 13.3. The van der Waals surface area contributed by atoms with Crippen molar-refractivity contribution in [3.63, 3.8) is 0 Å². The van der Waals surface area contributed by atoms with Crippen LogP contribution in [0.1, 0.15) is 34.6 Å². The molecule has 0 saturated heterocycles. The molecule has 1 aromatic rings. The minimum atomic E-state index is -0.458. The Morgan fingerprint density at radius 3 is 2.38 bits per heavy atom. The van der Waals surface area contributed by atoms with E-state index in [2.05, 4.69) is 15.9 Å². The fourth-order valence-electron chi connectivity index (χ4n) is 3.14. The first kappa shape index (κ1) is 15.6. The fourth-order valence-corrected chi connectivity index (χ4v) is 3.14. The van der Waals surface area contributed by atoms with E-state index < -0.39 is 5.92 Å². The summed E-state index contributed by atoms with van der Waals surface area (Å²) < 4.78 is 0. The quantitative estimate of drug-likeness (QED) is 0.621. The molecule has 1 unspecified atom stereocenters. The number of benzene rings is 1. The second-order valence-electron chi connectivity index (χ2n) is 5.83. The molecule has 0 radical (unpaired) electrons. The van der Waals surface area contributed by atoms with Gasteiger partial charge in [0.1, 0.15) is 0 Å². The number of imide groups is 1. The summed E-state index contributed by atoms with van der Waals surface area (Å²) in [5.41, 5.74) is 2.06. The molecule has 6 heteroatoms. The van der Waals surface area contributed by atoms with Crippen molar-refractivity contribution >= 4 is 17.5 Å². The molecule has 24 heavy (non-hydrogen) atoms. The first-order chi connectivity index (χ1) is 11.5. The number of carbonyl (C=O) groups is 2. The lowest BCUT2D eigenvalue weighted by Gasteiger charge is -2.25. The van der Waals surface area contributed by atoms with Gasteiger partial charge in [-0.1, -0.05) is 19.1 Å². The topological polar surface area (TPSA) is 77.9 Å². The van der Waals surface area contributed by atoms with Crippen LogP contribution in [-0.4, -0.2) is 29.0 Å². The molecule has 2 aliphatic rings. The van der Waals surface area contributed by atoms with Crippen LogP contribution >= 0.6 is 0 Å². The largest absolute Gasteiger partial charge is 0.271 e. The Bertz CT molecular complexity index is 863. The third-order valence-electron chi connectivity index (χ3n) is 4.43. The van der Waals surface area contributed by atoms with Gasteiger partial charge in [0, 0.05) is 11.6 Å². The van der Waals surface area contributed by atoms with Gasteiger partial charge in [0.15, 0.2) is 5.70 Å². The average Bonchev–Trinajstić information content (AvgIpc) is 2.81. The van der Waals surface area contributed by atoms with Crippen molar-refractivity contribution in [2.24, 2.45) is 16.8 Å². The van der Waals surface area contributed by atoms with Crippen molar-refractivity contribution in [1.82, 2.24) is 4.90 Å². The van der Waals surface area contributed by atoms with Crippen LogP contribution < -0.4 is 0 Å². The van der Waals surface area contributed by atoms with Crippen molar-refractivity contribution < 1.29 is 9.59 Å². The number of rotatable bonds is 2. The molecule has 1 aromatic carbocycles. The lowest BCUT2D eigenvalue weighted by atomic mass is 9.85. The van der Waals surface area contributed by atoms with Crippen molar-refractivity contribution in [3.05, 3.63) is 58.2 Å². The van der Waals surface area contributed by atoms with E-state index in [0.29, 0.717) is 28.2 Å². The second-order valence-corrected chi connectivity index (χ2v) is 5.83. The van der Waals surface area contributed by atoms with Crippen molar-refractivity contribution in [1.29, 1.82) is 5.26 Å². The van der Waals surface area contributed by atoms with E-state index in [1.165, 1.54) is 0 Å². The number of hydrogen-bond donors (Lipinski definition) is 0. The summed E-state index contributed by atoms with van der Waals surface area (Å²) in [6.45, 7) is 10.9. The van der Waals surface area contributed by atoms with E-state index in [1.54, 1.807) is 38.1 Å². The molecule has 2 heterocycles. The summed E-state index contributed by atoms with van der Waals surface area (Å²) in [6, 6.07) is 8.80. The van der Waals surface area contributed by atoms with Crippen LogP contribution in [0.25, 0.3) is 4.85 Å². The van der Waals surface area contributed by atoms with Crippen molar-refractivity contribution in [3.8, 4) is 6.07 Å². The number of carbonyl (C=O) groups excluding carboxylic acids is 2. The van der Waals surface area contributed by atoms with Gasteiger partial charge in [-0.15, -0.1) is 0 Å². The Balaban J connectivity index is 1.98. The van der Waals surface area contributed by atoms with Crippen molar-refractivity contribution in [2.75, 3.05) is 6.54 Å². The van der Waals surface area contributed by atoms with Gasteiger partial charge in [0.05, 0.1) is 41.9 Å². The number of amides is 2. The predicted molar refractivity (Wildman–Crippen MR) is 86.8 cm³/mol. The normalized spacial score (nSPS) is 22.8. The predicted octanol–water partition coefficient (Wildman–Crippen LogP) is 2.66. The molecular formula is C18H14N4O2. The Morgan fingerprint density at radius 2 is 1.88 bits per heavy atom. The number of hydrogen-bond acceptors (Lipinski definition) is 4. The average molecular weight is 318 g/mol. The van der Waals surface area contributed by atoms with Gasteiger partial charge in [-0.25, -0.2) is 4.85 Å². The molecule has 0 aliphatic carbocycles. The van der Waals surface area contributed by atoms with Gasteiger partial charge in [0.2, 0.25) is 0 Å². The van der Waals surface area contributed by atoms with E-state index in [-0.39, 0.29) is 24.3 Å². The second kappa shape index (κ2) is 5.75. The molecule has 0 saturated carbocycles. The highest BCUT2D eigenvalue weighted by atomic mass is 16.2. The SMILES string of the molecule is [C-]#[N+]C1=C(CN2C(=O)c3ccccc3C2=O)N=C(C)C(C#N)[C@H]1C. The minimum Gasteiger partial charge on any atom is -0.271 e. The van der Waals surface area contributed by atoms with Crippen LogP contribution in [0.4, 0.5) is 0 Å². The molecule has 2 amide bonds. The first-order valence-corrected chi connectivity index (χ1v) is 7.50. The molecular weight excluding hydrogens is 304 g/mol. The van der Waals surface area contributed by atoms with Crippen molar-refractivity contribution in [2.45, 2.75) is 13.8 Å². The van der Waals surface area contributed by atoms with Crippen LogP contribution in [0.5, 0.6) is 0 Å². The van der Waals surface area contributed by atoms with E-state index >= 15 is 0 Å². The highest BCUT2D eigenvalue weighted by Gasteiger charge is 2.38. The molecule has 0 aromatic heterocycles. The highest BCUT2D eigenvalue weighted by molar-refractivity contribution is 6.21. The maximum Gasteiger partial charge on any atom is 0.261 e. The van der Waals surface area contributed by atoms with Gasteiger partial charge >= 0.3 is 0 Å². The summed E-state index contributed by atoms with van der Waals surface area (Å²) in [6.07, 6.45) is 0.